The third kappa shape index (κ3) is 4.88. The second-order valence-electron chi connectivity index (χ2n) is 15.3. The Hall–Kier alpha value is -6.90. The van der Waals surface area contributed by atoms with Gasteiger partial charge in [-0.25, -0.2) is 9.97 Å². The van der Waals surface area contributed by atoms with E-state index in [-0.39, 0.29) is 5.41 Å². The Balaban J connectivity index is 1.05. The lowest BCUT2D eigenvalue weighted by Gasteiger charge is -2.23. The van der Waals surface area contributed by atoms with Gasteiger partial charge in [0.1, 0.15) is 0 Å². The summed E-state index contributed by atoms with van der Waals surface area (Å²) in [6, 6.07) is 65.9. The highest BCUT2D eigenvalue weighted by Crippen LogP contribution is 2.51. The van der Waals surface area contributed by atoms with Gasteiger partial charge in [-0.3, -0.25) is 0 Å². The molecule has 0 aliphatic heterocycles. The molecule has 0 fully saturated rings. The third-order valence-electron chi connectivity index (χ3n) is 11.8. The minimum Gasteiger partial charge on any atom is -0.228 e. The molecule has 2 nitrogen and oxygen atoms in total. The van der Waals surface area contributed by atoms with Gasteiger partial charge < -0.3 is 0 Å². The molecule has 0 saturated heterocycles. The Morgan fingerprint density at radius 3 is 1.55 bits per heavy atom. The van der Waals surface area contributed by atoms with Gasteiger partial charge in [0.25, 0.3) is 0 Å². The Bertz CT molecular complexity index is 3140. The van der Waals surface area contributed by atoms with Crippen LogP contribution in [0, 0.1) is 0 Å². The summed E-state index contributed by atoms with van der Waals surface area (Å²) in [5.74, 6) is 0.734. The first-order chi connectivity index (χ1) is 27.0. The fraction of sp³-hybridized carbons (Fsp3) is 0.0566. The molecule has 9 aromatic carbocycles. The average Bonchev–Trinajstić information content (AvgIpc) is 3.49. The van der Waals surface area contributed by atoms with Crippen molar-refractivity contribution in [1.29, 1.82) is 0 Å². The number of hydrogen-bond acceptors (Lipinski definition) is 2. The van der Waals surface area contributed by atoms with Gasteiger partial charge in [-0.1, -0.05) is 172 Å². The lowest BCUT2D eigenvalue weighted by molar-refractivity contribution is 0.664. The van der Waals surface area contributed by atoms with E-state index in [1.165, 1.54) is 65.7 Å². The molecule has 11 rings (SSSR count). The van der Waals surface area contributed by atoms with E-state index in [1.54, 1.807) is 0 Å². The maximum absolute atomic E-state index is 5.45. The maximum atomic E-state index is 5.45. The molecule has 0 saturated carbocycles. The first-order valence-corrected chi connectivity index (χ1v) is 19.1. The standard InChI is InChI=1S/C53H36N2/c1-53(2)48-25-11-10-24-44(48)45-28-29-46-50(33-14-4-3-5-15-33)54-52(55-51(46)49(45)53)38-19-13-18-36(31-38)34-16-12-17-35(30-34)37-26-27-43-41-22-7-6-20-39(41)40-21-8-9-23-42(40)47(43)32-37/h3-32H,1-2H3. The number of rotatable bonds is 4. The molecule has 2 heteroatoms. The van der Waals surface area contributed by atoms with E-state index in [0.29, 0.717) is 0 Å². The van der Waals surface area contributed by atoms with Crippen molar-refractivity contribution in [3.05, 3.63) is 193 Å². The van der Waals surface area contributed by atoms with Gasteiger partial charge in [0.05, 0.1) is 11.2 Å². The van der Waals surface area contributed by atoms with Crippen molar-refractivity contribution < 1.29 is 0 Å². The Kier molecular flexibility index (Phi) is 6.93. The van der Waals surface area contributed by atoms with Gasteiger partial charge in [0.2, 0.25) is 0 Å². The topological polar surface area (TPSA) is 25.8 Å². The first-order valence-electron chi connectivity index (χ1n) is 19.1. The summed E-state index contributed by atoms with van der Waals surface area (Å²) in [6.45, 7) is 4.66. The van der Waals surface area contributed by atoms with Crippen LogP contribution in [0.2, 0.25) is 0 Å². The number of benzene rings is 9. The van der Waals surface area contributed by atoms with Gasteiger partial charge in [0.15, 0.2) is 5.82 Å². The fourth-order valence-electron chi connectivity index (χ4n) is 9.20. The molecule has 0 radical (unpaired) electrons. The van der Waals surface area contributed by atoms with E-state index >= 15 is 0 Å². The molecule has 1 heterocycles. The van der Waals surface area contributed by atoms with Crippen molar-refractivity contribution in [3.8, 4) is 56.0 Å². The van der Waals surface area contributed by atoms with Crippen LogP contribution in [0.15, 0.2) is 182 Å². The van der Waals surface area contributed by atoms with Crippen molar-refractivity contribution in [2.75, 3.05) is 0 Å². The Morgan fingerprint density at radius 1 is 0.345 bits per heavy atom. The Labute approximate surface area is 320 Å². The molecule has 1 aromatic heterocycles. The summed E-state index contributed by atoms with van der Waals surface area (Å²) in [6.07, 6.45) is 0. The smallest absolute Gasteiger partial charge is 0.160 e. The number of fused-ring (bicyclic) bond motifs is 11. The van der Waals surface area contributed by atoms with E-state index in [9.17, 15) is 0 Å². The molecule has 0 amide bonds. The zero-order valence-electron chi connectivity index (χ0n) is 30.7. The summed E-state index contributed by atoms with van der Waals surface area (Å²) in [4.78, 5) is 10.8. The molecule has 0 unspecified atom stereocenters. The molecule has 1 aliphatic rings. The average molecular weight is 701 g/mol. The highest BCUT2D eigenvalue weighted by Gasteiger charge is 2.37. The number of nitrogens with zero attached hydrogens (tertiary/aromatic N) is 2. The van der Waals surface area contributed by atoms with Crippen molar-refractivity contribution in [2.45, 2.75) is 19.3 Å². The van der Waals surface area contributed by atoms with Crippen LogP contribution in [0.25, 0.3) is 99.2 Å². The first kappa shape index (κ1) is 31.6. The lowest BCUT2D eigenvalue weighted by atomic mass is 9.81. The van der Waals surface area contributed by atoms with E-state index in [4.69, 9.17) is 9.97 Å². The predicted molar refractivity (Wildman–Crippen MR) is 231 cm³/mol. The van der Waals surface area contributed by atoms with E-state index in [2.05, 4.69) is 196 Å². The fourth-order valence-corrected chi connectivity index (χ4v) is 9.20. The molecular weight excluding hydrogens is 665 g/mol. The second-order valence-corrected chi connectivity index (χ2v) is 15.3. The van der Waals surface area contributed by atoms with E-state index in [1.807, 2.05) is 0 Å². The van der Waals surface area contributed by atoms with Gasteiger partial charge in [-0.2, -0.15) is 0 Å². The van der Waals surface area contributed by atoms with E-state index in [0.717, 1.165) is 44.7 Å². The van der Waals surface area contributed by atoms with Crippen LogP contribution in [-0.2, 0) is 5.41 Å². The molecule has 0 N–H and O–H groups in total. The lowest BCUT2D eigenvalue weighted by Crippen LogP contribution is -2.16. The quantitative estimate of drug-likeness (QED) is 0.171. The third-order valence-corrected chi connectivity index (χ3v) is 11.8. The molecular formula is C53H36N2. The normalized spacial score (nSPS) is 13.1. The summed E-state index contributed by atoms with van der Waals surface area (Å²) < 4.78 is 0. The summed E-state index contributed by atoms with van der Waals surface area (Å²) in [7, 11) is 0. The minimum atomic E-state index is -0.199. The van der Waals surface area contributed by atoms with Crippen LogP contribution in [0.4, 0.5) is 0 Å². The van der Waals surface area contributed by atoms with Gasteiger partial charge >= 0.3 is 0 Å². The minimum absolute atomic E-state index is 0.199. The van der Waals surface area contributed by atoms with Gasteiger partial charge in [-0.15, -0.1) is 0 Å². The summed E-state index contributed by atoms with van der Waals surface area (Å²) >= 11 is 0. The zero-order chi connectivity index (χ0) is 36.7. The van der Waals surface area contributed by atoms with Crippen LogP contribution >= 0.6 is 0 Å². The summed E-state index contributed by atoms with van der Waals surface area (Å²) in [5.41, 5.74) is 13.7. The molecule has 0 atom stereocenters. The molecule has 55 heavy (non-hydrogen) atoms. The van der Waals surface area contributed by atoms with Crippen molar-refractivity contribution in [1.82, 2.24) is 9.97 Å². The van der Waals surface area contributed by atoms with Gasteiger partial charge in [0, 0.05) is 21.9 Å². The maximum Gasteiger partial charge on any atom is 0.160 e. The zero-order valence-corrected chi connectivity index (χ0v) is 30.7. The second kappa shape index (κ2) is 12.1. The van der Waals surface area contributed by atoms with Crippen LogP contribution in [0.3, 0.4) is 0 Å². The molecule has 258 valence electrons. The summed E-state index contributed by atoms with van der Waals surface area (Å²) in [5, 5.41) is 8.80. The number of hydrogen-bond donors (Lipinski definition) is 0. The van der Waals surface area contributed by atoms with Crippen LogP contribution in [-0.4, -0.2) is 9.97 Å². The molecule has 10 aromatic rings. The van der Waals surface area contributed by atoms with E-state index < -0.39 is 0 Å². The van der Waals surface area contributed by atoms with Gasteiger partial charge in [-0.05, 0) is 101 Å². The van der Waals surface area contributed by atoms with Crippen LogP contribution in [0.5, 0.6) is 0 Å². The van der Waals surface area contributed by atoms with Crippen molar-refractivity contribution >= 4 is 43.2 Å². The van der Waals surface area contributed by atoms with Crippen molar-refractivity contribution in [3.63, 3.8) is 0 Å². The Morgan fingerprint density at radius 2 is 0.855 bits per heavy atom. The SMILES string of the molecule is CC1(C)c2ccccc2-c2ccc3c(-c4ccccc4)nc(-c4cccc(-c5cccc(-c6ccc7c8ccccc8c8ccccc8c7c6)c5)c4)nc3c21. The largest absolute Gasteiger partial charge is 0.228 e. The van der Waals surface area contributed by atoms with Crippen molar-refractivity contribution in [2.24, 2.45) is 0 Å². The molecule has 1 aliphatic carbocycles. The highest BCUT2D eigenvalue weighted by atomic mass is 14.9. The highest BCUT2D eigenvalue weighted by molar-refractivity contribution is 6.25. The number of aromatic nitrogens is 2. The monoisotopic (exact) mass is 700 g/mol. The molecule has 0 spiro atoms. The van der Waals surface area contributed by atoms with Crippen LogP contribution in [0.1, 0.15) is 25.0 Å². The molecule has 0 bridgehead atoms. The van der Waals surface area contributed by atoms with Crippen LogP contribution < -0.4 is 0 Å². The predicted octanol–water partition coefficient (Wildman–Crippen LogP) is 14.1.